The largest absolute Gasteiger partial charge is 0.507 e. The Morgan fingerprint density at radius 1 is 1.20 bits per heavy atom. The summed E-state index contributed by atoms with van der Waals surface area (Å²) in [6, 6.07) is 4.03. The van der Waals surface area contributed by atoms with Gasteiger partial charge in [0.1, 0.15) is 11.9 Å². The molecular formula is C20H20O10. The molecule has 0 saturated carbocycles. The number of ether oxygens (including phenoxy) is 3. The summed E-state index contributed by atoms with van der Waals surface area (Å²) in [4.78, 5) is 38.4. The number of fused-ring (bicyclic) bond motifs is 1. The number of phenolic OH excluding ortho intramolecular Hbond substituents is 1. The second-order valence-corrected chi connectivity index (χ2v) is 8.35. The van der Waals surface area contributed by atoms with Crippen LogP contribution in [-0.2, 0) is 19.0 Å². The van der Waals surface area contributed by atoms with Crippen LogP contribution in [0, 0.1) is 0 Å². The molecule has 160 valence electrons. The number of carbonyl (C=O) groups is 3. The lowest BCUT2D eigenvalue weighted by molar-refractivity contribution is -0.373. The van der Waals surface area contributed by atoms with Crippen LogP contribution in [-0.4, -0.2) is 79.4 Å². The van der Waals surface area contributed by atoms with Crippen molar-refractivity contribution in [3.63, 3.8) is 0 Å². The number of ketones is 2. The molecule has 1 aliphatic carbocycles. The Kier molecular flexibility index (Phi) is 3.83. The van der Waals surface area contributed by atoms with E-state index in [1.807, 2.05) is 0 Å². The molecule has 1 aromatic rings. The molecule has 1 spiro atoms. The molecule has 3 heterocycles. The lowest BCUT2D eigenvalue weighted by Crippen LogP contribution is -2.74. The molecule has 3 aliphatic heterocycles. The molecule has 3 fully saturated rings. The van der Waals surface area contributed by atoms with Gasteiger partial charge < -0.3 is 34.6 Å². The first-order chi connectivity index (χ1) is 14.1. The second-order valence-electron chi connectivity index (χ2n) is 8.35. The predicted octanol–water partition coefficient (Wildman–Crippen LogP) is -0.231. The molecule has 4 N–H and O–H groups in total. The smallest absolute Gasteiger partial charge is 0.305 e. The molecule has 0 radical (unpaired) electrons. The zero-order valence-electron chi connectivity index (χ0n) is 15.9. The summed E-state index contributed by atoms with van der Waals surface area (Å²) in [6.07, 6.45) is -5.74. The lowest BCUT2D eigenvalue weighted by Gasteiger charge is -2.52. The number of aliphatic carboxylic acids is 1. The summed E-state index contributed by atoms with van der Waals surface area (Å²) < 4.78 is 17.6. The Bertz CT molecular complexity index is 990. The molecule has 10 nitrogen and oxygen atoms in total. The van der Waals surface area contributed by atoms with Gasteiger partial charge in [0.25, 0.3) is 0 Å². The minimum Gasteiger partial charge on any atom is -0.507 e. The van der Waals surface area contributed by atoms with E-state index in [0.717, 1.165) is 0 Å². The molecule has 30 heavy (non-hydrogen) atoms. The quantitative estimate of drug-likeness (QED) is 0.470. The molecule has 10 heteroatoms. The minimum atomic E-state index is -2.31. The van der Waals surface area contributed by atoms with E-state index >= 15 is 0 Å². The Morgan fingerprint density at radius 3 is 2.63 bits per heavy atom. The third-order valence-electron chi connectivity index (χ3n) is 6.51. The first kappa shape index (κ1) is 19.6. The van der Waals surface area contributed by atoms with Gasteiger partial charge in [0.2, 0.25) is 17.2 Å². The van der Waals surface area contributed by atoms with Crippen LogP contribution in [0.15, 0.2) is 18.2 Å². The minimum absolute atomic E-state index is 0.0307. The van der Waals surface area contributed by atoms with Crippen molar-refractivity contribution in [2.45, 2.75) is 67.6 Å². The van der Waals surface area contributed by atoms with Gasteiger partial charge in [0, 0.05) is 18.4 Å². The predicted molar refractivity (Wildman–Crippen MR) is 95.0 cm³/mol. The molecular weight excluding hydrogens is 400 g/mol. The van der Waals surface area contributed by atoms with Crippen LogP contribution in [0.25, 0.3) is 0 Å². The van der Waals surface area contributed by atoms with Crippen molar-refractivity contribution in [2.24, 2.45) is 0 Å². The van der Waals surface area contributed by atoms with E-state index < -0.39 is 71.1 Å². The van der Waals surface area contributed by atoms with Gasteiger partial charge in [-0.1, -0.05) is 12.1 Å². The lowest BCUT2D eigenvalue weighted by atomic mass is 9.64. The van der Waals surface area contributed by atoms with E-state index in [2.05, 4.69) is 0 Å². The highest BCUT2D eigenvalue weighted by molar-refractivity contribution is 6.27. The Labute approximate surface area is 170 Å². The fourth-order valence-corrected chi connectivity index (χ4v) is 5.35. The number of aliphatic hydroxyl groups is 2. The Hall–Kier alpha value is -2.37. The third kappa shape index (κ3) is 2.07. The summed E-state index contributed by atoms with van der Waals surface area (Å²) in [5.41, 5.74) is -4.30. The maximum Gasteiger partial charge on any atom is 0.305 e. The van der Waals surface area contributed by atoms with Crippen molar-refractivity contribution >= 4 is 17.5 Å². The van der Waals surface area contributed by atoms with Crippen molar-refractivity contribution in [2.75, 3.05) is 0 Å². The number of hydrogen-bond acceptors (Lipinski definition) is 9. The number of carbonyl (C=O) groups excluding carboxylic acids is 2. The van der Waals surface area contributed by atoms with Gasteiger partial charge in [-0.05, 0) is 13.0 Å². The zero-order chi connectivity index (χ0) is 21.6. The van der Waals surface area contributed by atoms with Crippen LogP contribution < -0.4 is 0 Å². The Morgan fingerprint density at radius 2 is 1.93 bits per heavy atom. The van der Waals surface area contributed by atoms with Gasteiger partial charge in [0.15, 0.2) is 11.4 Å². The van der Waals surface area contributed by atoms with Gasteiger partial charge in [-0.15, -0.1) is 0 Å². The fraction of sp³-hybridized carbons (Fsp3) is 0.550. The summed E-state index contributed by atoms with van der Waals surface area (Å²) >= 11 is 0. The van der Waals surface area contributed by atoms with Crippen molar-refractivity contribution in [3.05, 3.63) is 29.3 Å². The van der Waals surface area contributed by atoms with Crippen LogP contribution in [0.5, 0.6) is 5.75 Å². The van der Waals surface area contributed by atoms with Crippen LogP contribution >= 0.6 is 0 Å². The van der Waals surface area contributed by atoms with Crippen molar-refractivity contribution in [1.29, 1.82) is 0 Å². The number of epoxide rings is 1. The van der Waals surface area contributed by atoms with Crippen molar-refractivity contribution in [1.82, 2.24) is 0 Å². The number of aliphatic hydroxyl groups excluding tert-OH is 2. The van der Waals surface area contributed by atoms with Gasteiger partial charge in [-0.25, -0.2) is 0 Å². The van der Waals surface area contributed by atoms with E-state index in [4.69, 9.17) is 14.2 Å². The molecule has 4 aliphatic rings. The maximum absolute atomic E-state index is 13.6. The number of hydrogen-bond donors (Lipinski definition) is 4. The number of aromatic hydroxyl groups is 1. The standard InChI is InChI=1S/C20H20O10/c1-8-5-12(22)16(26)20(28-8)19-17(27)14-10(3-2-4-11(14)21)15(25)18(19,30-19)7-9(29-20)6-13(23)24/h2-4,8-9,12,16,21-22,26H,5-7H2,1H3,(H,23,24). The zero-order valence-corrected chi connectivity index (χ0v) is 15.9. The second kappa shape index (κ2) is 5.86. The number of Topliss-reactive ketones (excluding diaryl/α,β-unsaturated/α-hetero) is 2. The highest BCUT2D eigenvalue weighted by atomic mass is 16.8. The third-order valence-corrected chi connectivity index (χ3v) is 6.51. The van der Waals surface area contributed by atoms with Gasteiger partial charge in [0.05, 0.1) is 30.3 Å². The molecule has 1 aromatic carbocycles. The van der Waals surface area contributed by atoms with Crippen LogP contribution in [0.1, 0.15) is 46.9 Å². The monoisotopic (exact) mass is 420 g/mol. The van der Waals surface area contributed by atoms with Crippen LogP contribution in [0.3, 0.4) is 0 Å². The van der Waals surface area contributed by atoms with Crippen molar-refractivity contribution < 1.29 is 49.0 Å². The normalized spacial score (nSPS) is 44.2. The van der Waals surface area contributed by atoms with E-state index in [0.29, 0.717) is 0 Å². The van der Waals surface area contributed by atoms with E-state index in [1.54, 1.807) is 6.92 Å². The van der Waals surface area contributed by atoms with Gasteiger partial charge in [-0.2, -0.15) is 0 Å². The molecule has 3 saturated heterocycles. The summed E-state index contributed by atoms with van der Waals surface area (Å²) in [5, 5.41) is 40.9. The van der Waals surface area contributed by atoms with Gasteiger partial charge in [-0.3, -0.25) is 14.4 Å². The molecule has 7 unspecified atom stereocenters. The number of rotatable bonds is 2. The number of phenols is 1. The number of carboxylic acids is 1. The average Bonchev–Trinajstić information content (AvgIpc) is 3.36. The maximum atomic E-state index is 13.6. The van der Waals surface area contributed by atoms with Crippen molar-refractivity contribution in [3.8, 4) is 5.75 Å². The summed E-state index contributed by atoms with van der Waals surface area (Å²) in [7, 11) is 0. The SMILES string of the molecule is CC1CC(O)C(O)C2(O1)OC(CC(=O)O)CC13OC12C(=O)c1c(O)cccc1C3=O. The van der Waals surface area contributed by atoms with Gasteiger partial charge >= 0.3 is 5.97 Å². The Balaban J connectivity index is 1.74. The molecule has 7 atom stereocenters. The molecule has 5 rings (SSSR count). The summed E-state index contributed by atoms with van der Waals surface area (Å²) in [5.74, 6) is -5.41. The highest BCUT2D eigenvalue weighted by Gasteiger charge is 2.93. The summed E-state index contributed by atoms with van der Waals surface area (Å²) in [6.45, 7) is 1.59. The highest BCUT2D eigenvalue weighted by Crippen LogP contribution is 2.69. The number of benzene rings is 1. The average molecular weight is 420 g/mol. The molecule has 0 amide bonds. The first-order valence-corrected chi connectivity index (χ1v) is 9.65. The fourth-order valence-electron chi connectivity index (χ4n) is 5.35. The number of carboxylic acid groups (broad SMARTS) is 1. The van der Waals surface area contributed by atoms with Crippen LogP contribution in [0.2, 0.25) is 0 Å². The molecule has 0 aromatic heterocycles. The van der Waals surface area contributed by atoms with E-state index in [9.17, 15) is 34.8 Å². The van der Waals surface area contributed by atoms with E-state index in [1.165, 1.54) is 18.2 Å². The van der Waals surface area contributed by atoms with E-state index in [-0.39, 0.29) is 24.0 Å². The van der Waals surface area contributed by atoms with Crippen LogP contribution in [0.4, 0.5) is 0 Å². The topological polar surface area (TPSA) is 163 Å². The molecule has 0 bridgehead atoms. The first-order valence-electron chi connectivity index (χ1n) is 9.65.